The highest BCUT2D eigenvalue weighted by atomic mass is 16.3. The molecule has 3 nitrogen and oxygen atoms in total. The van der Waals surface area contributed by atoms with Gasteiger partial charge in [-0.3, -0.25) is 0 Å². The summed E-state index contributed by atoms with van der Waals surface area (Å²) in [6, 6.07) is 0. The lowest BCUT2D eigenvalue weighted by molar-refractivity contribution is 0.121. The molecule has 0 saturated heterocycles. The monoisotopic (exact) mass is 306 g/mol. The quantitative estimate of drug-likeness (QED) is 0.659. The average Bonchev–Trinajstić information content (AvgIpc) is 2.34. The molecule has 132 valence electrons. The van der Waals surface area contributed by atoms with Gasteiger partial charge in [0.1, 0.15) is 0 Å². The van der Waals surface area contributed by atoms with Gasteiger partial charge in [0, 0.05) is 6.61 Å². The van der Waals surface area contributed by atoms with E-state index in [2.05, 4.69) is 27.7 Å². The van der Waals surface area contributed by atoms with E-state index in [9.17, 15) is 0 Å². The van der Waals surface area contributed by atoms with Crippen LogP contribution in [0.3, 0.4) is 0 Å². The molecule has 3 N–H and O–H groups in total. The molecule has 0 aromatic rings. The van der Waals surface area contributed by atoms with Crippen molar-refractivity contribution in [3.63, 3.8) is 0 Å². The van der Waals surface area contributed by atoms with Crippen molar-refractivity contribution in [2.45, 2.75) is 93.3 Å². The minimum atomic E-state index is -0.125. The minimum absolute atomic E-state index is 0.0972. The summed E-state index contributed by atoms with van der Waals surface area (Å²) in [7, 11) is 0. The lowest BCUT2D eigenvalue weighted by atomic mass is 10.1. The maximum atomic E-state index is 8.94. The molecule has 0 aromatic carbocycles. The molecule has 21 heavy (non-hydrogen) atoms. The zero-order chi connectivity index (χ0) is 17.4. The summed E-state index contributed by atoms with van der Waals surface area (Å²) in [5.74, 6) is 1.79. The number of rotatable bonds is 7. The molecular weight excluding hydrogens is 264 g/mol. The second-order valence-corrected chi connectivity index (χ2v) is 6.96. The van der Waals surface area contributed by atoms with Crippen molar-refractivity contribution in [1.82, 2.24) is 0 Å². The molecule has 2 unspecified atom stereocenters. The van der Waals surface area contributed by atoms with E-state index in [0.717, 1.165) is 31.6 Å². The van der Waals surface area contributed by atoms with E-state index in [1.54, 1.807) is 0 Å². The van der Waals surface area contributed by atoms with Gasteiger partial charge in [-0.1, -0.05) is 48.5 Å². The fourth-order valence-electron chi connectivity index (χ4n) is 1.65. The van der Waals surface area contributed by atoms with Crippen molar-refractivity contribution >= 4 is 0 Å². The summed E-state index contributed by atoms with van der Waals surface area (Å²) in [5.41, 5.74) is 0. The molecule has 0 aromatic heterocycles. The van der Waals surface area contributed by atoms with Gasteiger partial charge in [-0.2, -0.15) is 0 Å². The van der Waals surface area contributed by atoms with Gasteiger partial charge in [0.05, 0.1) is 12.2 Å². The molecule has 0 spiro atoms. The van der Waals surface area contributed by atoms with Crippen molar-refractivity contribution in [3.8, 4) is 0 Å². The van der Waals surface area contributed by atoms with Gasteiger partial charge < -0.3 is 15.3 Å². The average molecular weight is 307 g/mol. The van der Waals surface area contributed by atoms with Gasteiger partial charge in [0.15, 0.2) is 0 Å². The Morgan fingerprint density at radius 3 is 1.33 bits per heavy atom. The molecule has 0 amide bonds. The maximum Gasteiger partial charge on any atom is 0.0560 e. The second-order valence-electron chi connectivity index (χ2n) is 6.96. The van der Waals surface area contributed by atoms with Gasteiger partial charge >= 0.3 is 0 Å². The van der Waals surface area contributed by atoms with E-state index in [1.165, 1.54) is 0 Å². The molecule has 0 aliphatic carbocycles. The molecule has 0 saturated carbocycles. The fourth-order valence-corrected chi connectivity index (χ4v) is 1.65. The number of hydrogen-bond acceptors (Lipinski definition) is 3. The highest BCUT2D eigenvalue weighted by molar-refractivity contribution is 4.54. The van der Waals surface area contributed by atoms with E-state index in [-0.39, 0.29) is 12.2 Å². The summed E-state index contributed by atoms with van der Waals surface area (Å²) < 4.78 is 0. The van der Waals surface area contributed by atoms with Crippen LogP contribution in [0.4, 0.5) is 0 Å². The molecular formula is C18H42O3. The normalized spacial score (nSPS) is 13.4. The number of hydrogen-bond donors (Lipinski definition) is 3. The molecule has 0 bridgehead atoms. The molecule has 0 rings (SSSR count). The first-order valence-corrected chi connectivity index (χ1v) is 8.55. The van der Waals surface area contributed by atoms with Crippen LogP contribution in [0.2, 0.25) is 0 Å². The Morgan fingerprint density at radius 2 is 1.29 bits per heavy atom. The van der Waals surface area contributed by atoms with Gasteiger partial charge in [-0.05, 0) is 50.4 Å². The Morgan fingerprint density at radius 1 is 0.810 bits per heavy atom. The molecule has 3 heteroatoms. The summed E-state index contributed by atoms with van der Waals surface area (Å²) in [6.07, 6.45) is 3.67. The lowest BCUT2D eigenvalue weighted by Gasteiger charge is -2.09. The van der Waals surface area contributed by atoms with E-state index >= 15 is 0 Å². The van der Waals surface area contributed by atoms with E-state index in [0.29, 0.717) is 18.4 Å². The van der Waals surface area contributed by atoms with Crippen LogP contribution in [-0.2, 0) is 0 Å². The first-order valence-electron chi connectivity index (χ1n) is 8.55. The third kappa shape index (κ3) is 33.0. The van der Waals surface area contributed by atoms with Crippen LogP contribution >= 0.6 is 0 Å². The third-order valence-corrected chi connectivity index (χ3v) is 2.94. The Balaban J connectivity index is -0.000000231. The van der Waals surface area contributed by atoms with Crippen LogP contribution < -0.4 is 0 Å². The van der Waals surface area contributed by atoms with Gasteiger partial charge in [-0.15, -0.1) is 0 Å². The Labute approximate surface area is 133 Å². The topological polar surface area (TPSA) is 60.7 Å². The highest BCUT2D eigenvalue weighted by Gasteiger charge is 2.03. The fraction of sp³-hybridized carbons (Fsp3) is 1.00. The van der Waals surface area contributed by atoms with E-state index in [1.807, 2.05) is 27.7 Å². The largest absolute Gasteiger partial charge is 0.396 e. The van der Waals surface area contributed by atoms with Crippen LogP contribution in [0.1, 0.15) is 81.1 Å². The molecule has 0 radical (unpaired) electrons. The predicted octanol–water partition coefficient (Wildman–Crippen LogP) is 4.24. The molecule has 0 fully saturated rings. The SMILES string of the molecule is CC(C)CC(C)O.CC(C)CCCO.CCC(O)C(C)C. The molecule has 0 aliphatic rings. The second kappa shape index (κ2) is 17.9. The first-order chi connectivity index (χ1) is 9.58. The number of aliphatic hydroxyl groups is 3. The maximum absolute atomic E-state index is 8.94. The Bertz CT molecular complexity index is 171. The standard InChI is InChI=1S/3C6H14O/c1-5(2)4-6(3)7;1-6(2)4-3-5-7;1-4-6(7)5(2)3/h5-7H,4H2,1-3H3;6-7H,3-5H2,1-2H3;5-7H,4H2,1-3H3. The highest BCUT2D eigenvalue weighted by Crippen LogP contribution is 2.03. The van der Waals surface area contributed by atoms with Gasteiger partial charge in [-0.25, -0.2) is 0 Å². The van der Waals surface area contributed by atoms with Crippen LogP contribution in [0.15, 0.2) is 0 Å². The van der Waals surface area contributed by atoms with Crippen LogP contribution in [0.25, 0.3) is 0 Å². The molecule has 0 aliphatic heterocycles. The van der Waals surface area contributed by atoms with Crippen molar-refractivity contribution < 1.29 is 15.3 Å². The van der Waals surface area contributed by atoms with Gasteiger partial charge in [0.2, 0.25) is 0 Å². The zero-order valence-electron chi connectivity index (χ0n) is 15.8. The van der Waals surface area contributed by atoms with Crippen LogP contribution in [-0.4, -0.2) is 34.1 Å². The summed E-state index contributed by atoms with van der Waals surface area (Å²) in [4.78, 5) is 0. The summed E-state index contributed by atoms with van der Waals surface area (Å²) >= 11 is 0. The molecule has 2 atom stereocenters. The third-order valence-electron chi connectivity index (χ3n) is 2.94. The first kappa shape index (κ1) is 25.8. The minimum Gasteiger partial charge on any atom is -0.396 e. The van der Waals surface area contributed by atoms with Gasteiger partial charge in [0.25, 0.3) is 0 Å². The Hall–Kier alpha value is -0.120. The Kier molecular flexibility index (Phi) is 22.0. The lowest BCUT2D eigenvalue weighted by Crippen LogP contribution is -2.11. The zero-order valence-corrected chi connectivity index (χ0v) is 15.8. The van der Waals surface area contributed by atoms with Crippen molar-refractivity contribution in [2.24, 2.45) is 17.8 Å². The summed E-state index contributed by atoms with van der Waals surface area (Å²) in [6.45, 7) is 16.7. The van der Waals surface area contributed by atoms with Crippen LogP contribution in [0.5, 0.6) is 0 Å². The van der Waals surface area contributed by atoms with E-state index < -0.39 is 0 Å². The predicted molar refractivity (Wildman–Crippen MR) is 93.4 cm³/mol. The van der Waals surface area contributed by atoms with Crippen molar-refractivity contribution in [2.75, 3.05) is 6.61 Å². The van der Waals surface area contributed by atoms with E-state index in [4.69, 9.17) is 15.3 Å². The van der Waals surface area contributed by atoms with Crippen molar-refractivity contribution in [3.05, 3.63) is 0 Å². The number of aliphatic hydroxyl groups excluding tert-OH is 3. The summed E-state index contributed by atoms with van der Waals surface area (Å²) in [5, 5.41) is 26.0. The smallest absolute Gasteiger partial charge is 0.0560 e. The van der Waals surface area contributed by atoms with Crippen molar-refractivity contribution in [1.29, 1.82) is 0 Å². The molecule has 0 heterocycles. The van der Waals surface area contributed by atoms with Crippen LogP contribution in [0, 0.1) is 17.8 Å².